The molecule has 0 aliphatic heterocycles. The van der Waals surface area contributed by atoms with E-state index < -0.39 is 0 Å². The summed E-state index contributed by atoms with van der Waals surface area (Å²) >= 11 is 9.41. The second-order valence-electron chi connectivity index (χ2n) is 3.88. The maximum Gasteiger partial charge on any atom is 0.146 e. The molecule has 1 aromatic carbocycles. The number of hydrogen-bond acceptors (Lipinski definition) is 3. The van der Waals surface area contributed by atoms with Crippen LogP contribution >= 0.6 is 27.5 Å². The molecule has 1 unspecified atom stereocenters. The van der Waals surface area contributed by atoms with Gasteiger partial charge in [-0.1, -0.05) is 27.5 Å². The van der Waals surface area contributed by atoms with Gasteiger partial charge in [0.05, 0.1) is 16.9 Å². The van der Waals surface area contributed by atoms with Gasteiger partial charge in [-0.15, -0.1) is 0 Å². The molecule has 0 aliphatic rings. The van der Waals surface area contributed by atoms with Crippen LogP contribution in [0, 0.1) is 0 Å². The van der Waals surface area contributed by atoms with Gasteiger partial charge in [-0.2, -0.15) is 0 Å². The lowest BCUT2D eigenvalue weighted by Crippen LogP contribution is -2.06. The van der Waals surface area contributed by atoms with E-state index in [1.807, 2.05) is 25.1 Å². The zero-order valence-corrected chi connectivity index (χ0v) is 12.1. The van der Waals surface area contributed by atoms with E-state index >= 15 is 0 Å². The summed E-state index contributed by atoms with van der Waals surface area (Å²) in [6.45, 7) is 1.88. The minimum atomic E-state index is -0.0877. The van der Waals surface area contributed by atoms with E-state index in [1.165, 1.54) is 0 Å². The summed E-state index contributed by atoms with van der Waals surface area (Å²) in [5, 5.41) is 0.542. The molecule has 1 heterocycles. The lowest BCUT2D eigenvalue weighted by Gasteiger charge is -2.09. The number of pyridine rings is 1. The molecule has 0 fully saturated rings. The van der Waals surface area contributed by atoms with Crippen molar-refractivity contribution in [3.63, 3.8) is 0 Å². The molecule has 0 spiro atoms. The average molecular weight is 328 g/mol. The molecule has 0 saturated carbocycles. The van der Waals surface area contributed by atoms with E-state index in [0.29, 0.717) is 16.5 Å². The van der Waals surface area contributed by atoms with Crippen molar-refractivity contribution in [1.82, 2.24) is 4.98 Å². The van der Waals surface area contributed by atoms with Crippen molar-refractivity contribution in [3.05, 3.63) is 51.7 Å². The van der Waals surface area contributed by atoms with Crippen molar-refractivity contribution in [2.45, 2.75) is 13.0 Å². The fourth-order valence-corrected chi connectivity index (χ4v) is 2.12. The van der Waals surface area contributed by atoms with Crippen molar-refractivity contribution < 1.29 is 4.74 Å². The molecule has 0 radical (unpaired) electrons. The summed E-state index contributed by atoms with van der Waals surface area (Å²) in [4.78, 5) is 4.22. The summed E-state index contributed by atoms with van der Waals surface area (Å²) in [6, 6.07) is 9.02. The molecule has 0 aliphatic carbocycles. The molecule has 94 valence electrons. The van der Waals surface area contributed by atoms with Gasteiger partial charge in [-0.05, 0) is 37.3 Å². The highest BCUT2D eigenvalue weighted by atomic mass is 79.9. The summed E-state index contributed by atoms with van der Waals surface area (Å²) in [6.07, 6.45) is 1.64. The molecule has 3 nitrogen and oxygen atoms in total. The third kappa shape index (κ3) is 3.22. The number of rotatable bonds is 3. The van der Waals surface area contributed by atoms with E-state index in [0.717, 1.165) is 10.2 Å². The van der Waals surface area contributed by atoms with Crippen LogP contribution < -0.4 is 10.5 Å². The highest BCUT2D eigenvalue weighted by Gasteiger charge is 2.05. The van der Waals surface area contributed by atoms with Crippen LogP contribution in [-0.4, -0.2) is 4.98 Å². The Morgan fingerprint density at radius 2 is 2.11 bits per heavy atom. The highest BCUT2D eigenvalue weighted by molar-refractivity contribution is 9.10. The van der Waals surface area contributed by atoms with Crippen LogP contribution in [0.4, 0.5) is 0 Å². The predicted octanol–water partition coefficient (Wildman–Crippen LogP) is 4.31. The SMILES string of the molecule is CC(N)c1ccc(Oc2ccc(Br)cc2Cl)cn1. The van der Waals surface area contributed by atoms with Gasteiger partial charge >= 0.3 is 0 Å². The largest absolute Gasteiger partial charge is 0.454 e. The van der Waals surface area contributed by atoms with Gasteiger partial charge in [0.15, 0.2) is 0 Å². The molecule has 1 aromatic heterocycles. The Kier molecular flexibility index (Phi) is 4.22. The minimum Gasteiger partial charge on any atom is -0.454 e. The second kappa shape index (κ2) is 5.69. The Balaban J connectivity index is 2.18. The summed E-state index contributed by atoms with van der Waals surface area (Å²) in [5.41, 5.74) is 6.55. The third-order valence-electron chi connectivity index (χ3n) is 2.35. The minimum absolute atomic E-state index is 0.0877. The molecular formula is C13H12BrClN2O. The van der Waals surface area contributed by atoms with Gasteiger partial charge in [-0.25, -0.2) is 0 Å². The van der Waals surface area contributed by atoms with E-state index in [4.69, 9.17) is 22.1 Å². The molecule has 0 amide bonds. The summed E-state index contributed by atoms with van der Waals surface area (Å²) in [5.74, 6) is 1.22. The van der Waals surface area contributed by atoms with E-state index in [2.05, 4.69) is 20.9 Å². The van der Waals surface area contributed by atoms with E-state index in [9.17, 15) is 0 Å². The number of benzene rings is 1. The Labute approximate surface area is 119 Å². The highest BCUT2D eigenvalue weighted by Crippen LogP contribution is 2.31. The Morgan fingerprint density at radius 3 is 2.67 bits per heavy atom. The molecule has 18 heavy (non-hydrogen) atoms. The summed E-state index contributed by atoms with van der Waals surface area (Å²) in [7, 11) is 0. The topological polar surface area (TPSA) is 48.1 Å². The number of halogens is 2. The molecule has 1 atom stereocenters. The lowest BCUT2D eigenvalue weighted by atomic mass is 10.2. The average Bonchev–Trinajstić information content (AvgIpc) is 2.33. The van der Waals surface area contributed by atoms with Crippen LogP contribution in [-0.2, 0) is 0 Å². The van der Waals surface area contributed by atoms with Crippen LogP contribution in [0.1, 0.15) is 18.7 Å². The van der Waals surface area contributed by atoms with Crippen molar-refractivity contribution in [3.8, 4) is 11.5 Å². The monoisotopic (exact) mass is 326 g/mol. The first-order valence-electron chi connectivity index (χ1n) is 5.40. The standard InChI is InChI=1S/C13H12BrClN2O/c1-8(16)12-4-3-10(7-17-12)18-13-5-2-9(14)6-11(13)15/h2-8H,16H2,1H3. The van der Waals surface area contributed by atoms with Crippen LogP contribution in [0.5, 0.6) is 11.5 Å². The number of aromatic nitrogens is 1. The molecule has 0 bridgehead atoms. The quantitative estimate of drug-likeness (QED) is 0.914. The van der Waals surface area contributed by atoms with Crippen LogP contribution in [0.3, 0.4) is 0 Å². The lowest BCUT2D eigenvalue weighted by molar-refractivity contribution is 0.479. The first-order valence-corrected chi connectivity index (χ1v) is 6.58. The zero-order valence-electron chi connectivity index (χ0n) is 9.73. The number of ether oxygens (including phenoxy) is 1. The van der Waals surface area contributed by atoms with Gasteiger partial charge in [0.25, 0.3) is 0 Å². The van der Waals surface area contributed by atoms with Crippen molar-refractivity contribution in [2.24, 2.45) is 5.73 Å². The van der Waals surface area contributed by atoms with Crippen LogP contribution in [0.25, 0.3) is 0 Å². The maximum atomic E-state index is 6.07. The summed E-state index contributed by atoms with van der Waals surface area (Å²) < 4.78 is 6.55. The fourth-order valence-electron chi connectivity index (χ4n) is 1.41. The number of nitrogens with zero attached hydrogens (tertiary/aromatic N) is 1. The zero-order chi connectivity index (χ0) is 13.1. The first kappa shape index (κ1) is 13.3. The van der Waals surface area contributed by atoms with Gasteiger partial charge in [0, 0.05) is 10.5 Å². The molecule has 2 aromatic rings. The van der Waals surface area contributed by atoms with Gasteiger partial charge in [-0.3, -0.25) is 4.98 Å². The normalized spacial score (nSPS) is 12.2. The Bertz CT molecular complexity index is 543. The van der Waals surface area contributed by atoms with Crippen LogP contribution in [0.2, 0.25) is 5.02 Å². The number of hydrogen-bond donors (Lipinski definition) is 1. The smallest absolute Gasteiger partial charge is 0.146 e. The molecule has 2 N–H and O–H groups in total. The predicted molar refractivity (Wildman–Crippen MR) is 76.1 cm³/mol. The van der Waals surface area contributed by atoms with E-state index in [-0.39, 0.29) is 6.04 Å². The molecular weight excluding hydrogens is 316 g/mol. The molecule has 0 saturated heterocycles. The van der Waals surface area contributed by atoms with Crippen molar-refractivity contribution >= 4 is 27.5 Å². The second-order valence-corrected chi connectivity index (χ2v) is 5.21. The Morgan fingerprint density at radius 1 is 1.33 bits per heavy atom. The van der Waals surface area contributed by atoms with Gasteiger partial charge in [0.2, 0.25) is 0 Å². The number of nitrogens with two attached hydrogens (primary N) is 1. The fraction of sp³-hybridized carbons (Fsp3) is 0.154. The van der Waals surface area contributed by atoms with Gasteiger partial charge < -0.3 is 10.5 Å². The Hall–Kier alpha value is -1.10. The van der Waals surface area contributed by atoms with Crippen molar-refractivity contribution in [2.75, 3.05) is 0 Å². The first-order chi connectivity index (χ1) is 8.56. The van der Waals surface area contributed by atoms with E-state index in [1.54, 1.807) is 18.3 Å². The molecule has 5 heteroatoms. The van der Waals surface area contributed by atoms with Gasteiger partial charge in [0.1, 0.15) is 11.5 Å². The van der Waals surface area contributed by atoms with Crippen LogP contribution in [0.15, 0.2) is 41.0 Å². The maximum absolute atomic E-state index is 6.07. The third-order valence-corrected chi connectivity index (χ3v) is 3.14. The van der Waals surface area contributed by atoms with Crippen molar-refractivity contribution in [1.29, 1.82) is 0 Å². The molecule has 2 rings (SSSR count).